The van der Waals surface area contributed by atoms with E-state index in [0.717, 1.165) is 5.56 Å². The van der Waals surface area contributed by atoms with Gasteiger partial charge < -0.3 is 5.32 Å². The van der Waals surface area contributed by atoms with E-state index in [1.165, 1.54) is 4.90 Å². The van der Waals surface area contributed by atoms with Crippen molar-refractivity contribution in [2.24, 2.45) is 0 Å². The SMILES string of the molecule is CNC(CN1C(=O)CCC1=O)c1ccccc1. The maximum atomic E-state index is 11.5. The molecule has 2 amide bonds. The first kappa shape index (κ1) is 11.8. The molecule has 1 atom stereocenters. The molecule has 0 radical (unpaired) electrons. The molecule has 1 heterocycles. The van der Waals surface area contributed by atoms with Crippen molar-refractivity contribution in [3.05, 3.63) is 35.9 Å². The molecule has 17 heavy (non-hydrogen) atoms. The highest BCUT2D eigenvalue weighted by molar-refractivity contribution is 6.01. The van der Waals surface area contributed by atoms with E-state index < -0.39 is 0 Å². The molecule has 1 N–H and O–H groups in total. The number of hydrogen-bond acceptors (Lipinski definition) is 3. The van der Waals surface area contributed by atoms with Gasteiger partial charge in [0, 0.05) is 19.4 Å². The summed E-state index contributed by atoms with van der Waals surface area (Å²) in [6.07, 6.45) is 0.702. The maximum Gasteiger partial charge on any atom is 0.229 e. The third-order valence-corrected chi connectivity index (χ3v) is 3.07. The van der Waals surface area contributed by atoms with E-state index in [2.05, 4.69) is 5.32 Å². The number of benzene rings is 1. The molecule has 1 aromatic rings. The molecule has 1 fully saturated rings. The largest absolute Gasteiger partial charge is 0.312 e. The minimum Gasteiger partial charge on any atom is -0.312 e. The lowest BCUT2D eigenvalue weighted by Crippen LogP contribution is -2.37. The van der Waals surface area contributed by atoms with Crippen LogP contribution in [0, 0.1) is 0 Å². The average molecular weight is 232 g/mol. The van der Waals surface area contributed by atoms with Crippen molar-refractivity contribution in [1.29, 1.82) is 0 Å². The van der Waals surface area contributed by atoms with Gasteiger partial charge in [0.25, 0.3) is 0 Å². The number of imide groups is 1. The van der Waals surface area contributed by atoms with Crippen molar-refractivity contribution in [2.75, 3.05) is 13.6 Å². The van der Waals surface area contributed by atoms with Crippen molar-refractivity contribution in [1.82, 2.24) is 10.2 Å². The Morgan fingerprint density at radius 3 is 2.29 bits per heavy atom. The summed E-state index contributed by atoms with van der Waals surface area (Å²) in [6, 6.07) is 9.84. The normalized spacial score (nSPS) is 17.6. The Bertz CT molecular complexity index is 401. The van der Waals surface area contributed by atoms with Crippen LogP contribution in [0.3, 0.4) is 0 Å². The molecule has 1 aliphatic rings. The lowest BCUT2D eigenvalue weighted by molar-refractivity contribution is -0.138. The van der Waals surface area contributed by atoms with E-state index in [-0.39, 0.29) is 17.9 Å². The van der Waals surface area contributed by atoms with Crippen LogP contribution in [-0.2, 0) is 9.59 Å². The Balaban J connectivity index is 2.10. The molecule has 1 aliphatic heterocycles. The third-order valence-electron chi connectivity index (χ3n) is 3.07. The van der Waals surface area contributed by atoms with Crippen LogP contribution < -0.4 is 5.32 Å². The van der Waals surface area contributed by atoms with Crippen LogP contribution in [0.25, 0.3) is 0 Å². The Morgan fingerprint density at radius 1 is 1.18 bits per heavy atom. The number of likely N-dealkylation sites (N-methyl/N-ethyl adjacent to an activating group) is 1. The smallest absolute Gasteiger partial charge is 0.229 e. The van der Waals surface area contributed by atoms with E-state index in [0.29, 0.717) is 19.4 Å². The lowest BCUT2D eigenvalue weighted by atomic mass is 10.1. The van der Waals surface area contributed by atoms with Gasteiger partial charge in [0.1, 0.15) is 0 Å². The minimum atomic E-state index is -0.0637. The number of hydrogen-bond donors (Lipinski definition) is 1. The number of carbonyl (C=O) groups is 2. The molecule has 1 saturated heterocycles. The van der Waals surface area contributed by atoms with Gasteiger partial charge in [-0.3, -0.25) is 14.5 Å². The van der Waals surface area contributed by atoms with E-state index in [1.54, 1.807) is 0 Å². The number of carbonyl (C=O) groups excluding carboxylic acids is 2. The first-order valence-corrected chi connectivity index (χ1v) is 5.78. The zero-order valence-electron chi connectivity index (χ0n) is 9.85. The number of rotatable bonds is 4. The van der Waals surface area contributed by atoms with Gasteiger partial charge in [-0.1, -0.05) is 30.3 Å². The summed E-state index contributed by atoms with van der Waals surface area (Å²) < 4.78 is 0. The fourth-order valence-electron chi connectivity index (χ4n) is 2.06. The molecule has 0 aromatic heterocycles. The van der Waals surface area contributed by atoms with Crippen LogP contribution in [0.4, 0.5) is 0 Å². The summed E-state index contributed by atoms with van der Waals surface area (Å²) >= 11 is 0. The molecule has 90 valence electrons. The fraction of sp³-hybridized carbons (Fsp3) is 0.385. The second-order valence-corrected chi connectivity index (χ2v) is 4.15. The summed E-state index contributed by atoms with van der Waals surface area (Å²) in [6.45, 7) is 0.415. The number of nitrogens with zero attached hydrogens (tertiary/aromatic N) is 1. The van der Waals surface area contributed by atoms with Crippen LogP contribution in [0.5, 0.6) is 0 Å². The topological polar surface area (TPSA) is 49.4 Å². The molecule has 4 heteroatoms. The molecule has 1 unspecified atom stereocenters. The second-order valence-electron chi connectivity index (χ2n) is 4.15. The van der Waals surface area contributed by atoms with Gasteiger partial charge in [0.05, 0.1) is 6.04 Å². The van der Waals surface area contributed by atoms with Gasteiger partial charge in [-0.15, -0.1) is 0 Å². The number of likely N-dealkylation sites (tertiary alicyclic amines) is 1. The predicted octanol–water partition coefficient (Wildman–Crippen LogP) is 1.10. The van der Waals surface area contributed by atoms with Crippen molar-refractivity contribution < 1.29 is 9.59 Å². The Morgan fingerprint density at radius 2 is 1.76 bits per heavy atom. The van der Waals surface area contributed by atoms with Crippen molar-refractivity contribution in [2.45, 2.75) is 18.9 Å². The first-order chi connectivity index (χ1) is 8.22. The van der Waals surface area contributed by atoms with Crippen molar-refractivity contribution in [3.8, 4) is 0 Å². The second kappa shape index (κ2) is 5.10. The summed E-state index contributed by atoms with van der Waals surface area (Å²) in [7, 11) is 1.84. The third kappa shape index (κ3) is 2.53. The quantitative estimate of drug-likeness (QED) is 0.791. The van der Waals surface area contributed by atoms with E-state index >= 15 is 0 Å². The Labute approximate surface area is 101 Å². The van der Waals surface area contributed by atoms with Crippen LogP contribution in [0.1, 0.15) is 24.4 Å². The summed E-state index contributed by atoms with van der Waals surface area (Å²) in [5, 5.41) is 3.14. The molecule has 4 nitrogen and oxygen atoms in total. The van der Waals surface area contributed by atoms with E-state index in [1.807, 2.05) is 37.4 Å². The van der Waals surface area contributed by atoms with Crippen LogP contribution in [0.2, 0.25) is 0 Å². The fourth-order valence-corrected chi connectivity index (χ4v) is 2.06. The zero-order valence-corrected chi connectivity index (χ0v) is 9.85. The molecular weight excluding hydrogens is 216 g/mol. The molecule has 1 aromatic carbocycles. The molecule has 2 rings (SSSR count). The van der Waals surface area contributed by atoms with Gasteiger partial charge in [0.15, 0.2) is 0 Å². The molecule has 0 bridgehead atoms. The molecule has 0 spiro atoms. The maximum absolute atomic E-state index is 11.5. The number of nitrogens with one attached hydrogen (secondary N) is 1. The van der Waals surface area contributed by atoms with Gasteiger partial charge in [-0.2, -0.15) is 0 Å². The predicted molar refractivity (Wildman–Crippen MR) is 64.2 cm³/mol. The average Bonchev–Trinajstić information content (AvgIpc) is 2.68. The van der Waals surface area contributed by atoms with Gasteiger partial charge in [-0.05, 0) is 12.6 Å². The zero-order chi connectivity index (χ0) is 12.3. The van der Waals surface area contributed by atoms with Gasteiger partial charge >= 0.3 is 0 Å². The van der Waals surface area contributed by atoms with Crippen LogP contribution in [-0.4, -0.2) is 30.3 Å². The Kier molecular flexibility index (Phi) is 3.54. The van der Waals surface area contributed by atoms with Gasteiger partial charge in [-0.25, -0.2) is 0 Å². The lowest BCUT2D eigenvalue weighted by Gasteiger charge is -2.22. The molecule has 0 aliphatic carbocycles. The number of amides is 2. The van der Waals surface area contributed by atoms with Crippen LogP contribution >= 0.6 is 0 Å². The van der Waals surface area contributed by atoms with E-state index in [9.17, 15) is 9.59 Å². The monoisotopic (exact) mass is 232 g/mol. The summed E-state index contributed by atoms with van der Waals surface area (Å²) in [4.78, 5) is 24.4. The molecule has 0 saturated carbocycles. The standard InChI is InChI=1S/C13H16N2O2/c1-14-11(10-5-3-2-4-6-10)9-15-12(16)7-8-13(15)17/h2-6,11,14H,7-9H2,1H3. The highest BCUT2D eigenvalue weighted by atomic mass is 16.2. The summed E-state index contributed by atoms with van der Waals surface area (Å²) in [5.74, 6) is -0.127. The highest BCUT2D eigenvalue weighted by Crippen LogP contribution is 2.18. The summed E-state index contributed by atoms with van der Waals surface area (Å²) in [5.41, 5.74) is 1.09. The molecular formula is C13H16N2O2. The van der Waals surface area contributed by atoms with E-state index in [4.69, 9.17) is 0 Å². The van der Waals surface area contributed by atoms with Crippen molar-refractivity contribution in [3.63, 3.8) is 0 Å². The minimum absolute atomic E-state index is 0.00204. The van der Waals surface area contributed by atoms with Crippen molar-refractivity contribution >= 4 is 11.8 Å². The van der Waals surface area contributed by atoms with Crippen LogP contribution in [0.15, 0.2) is 30.3 Å². The highest BCUT2D eigenvalue weighted by Gasteiger charge is 2.30. The Hall–Kier alpha value is -1.68. The first-order valence-electron chi connectivity index (χ1n) is 5.78. The van der Waals surface area contributed by atoms with Gasteiger partial charge in [0.2, 0.25) is 11.8 Å².